The number of halogens is 1. The Balaban J connectivity index is 1.72. The van der Waals surface area contributed by atoms with E-state index in [1.165, 1.54) is 4.90 Å². The molecule has 2 amide bonds. The van der Waals surface area contributed by atoms with Crippen LogP contribution in [-0.2, 0) is 4.79 Å². The number of carbonyl (C=O) groups excluding carboxylic acids is 2. The number of carbonyl (C=O) groups is 2. The van der Waals surface area contributed by atoms with Crippen LogP contribution in [0.1, 0.15) is 16.7 Å². The first-order chi connectivity index (χ1) is 11.9. The Bertz CT molecular complexity index is 862. The highest BCUT2D eigenvalue weighted by molar-refractivity contribution is 9.10. The Kier molecular flexibility index (Phi) is 5.30. The molecule has 1 fully saturated rings. The fourth-order valence-electron chi connectivity index (χ4n) is 2.44. The maximum atomic E-state index is 12.5. The summed E-state index contributed by atoms with van der Waals surface area (Å²) >= 11 is 4.39. The van der Waals surface area contributed by atoms with Crippen LogP contribution in [-0.4, -0.2) is 22.7 Å². The number of nitrogens with zero attached hydrogens (tertiary/aromatic N) is 1. The van der Waals surface area contributed by atoms with Gasteiger partial charge in [-0.25, -0.2) is 0 Å². The molecule has 25 heavy (non-hydrogen) atoms. The number of thioether (sulfide) groups is 1. The van der Waals surface area contributed by atoms with Gasteiger partial charge in [-0.1, -0.05) is 45.8 Å². The number of amides is 2. The molecule has 0 spiro atoms. The molecule has 2 aromatic rings. The summed E-state index contributed by atoms with van der Waals surface area (Å²) in [4.78, 5) is 26.4. The molecule has 0 saturated carbocycles. The van der Waals surface area contributed by atoms with Gasteiger partial charge in [0, 0.05) is 10.2 Å². The van der Waals surface area contributed by atoms with E-state index in [9.17, 15) is 9.59 Å². The van der Waals surface area contributed by atoms with E-state index in [4.69, 9.17) is 0 Å². The molecule has 0 aliphatic carbocycles. The highest BCUT2D eigenvalue weighted by Crippen LogP contribution is 2.32. The van der Waals surface area contributed by atoms with Gasteiger partial charge in [0.15, 0.2) is 0 Å². The lowest BCUT2D eigenvalue weighted by atomic mass is 10.1. The molecule has 0 radical (unpaired) electrons. The van der Waals surface area contributed by atoms with E-state index in [0.717, 1.165) is 38.6 Å². The normalized spacial score (nSPS) is 16.0. The molecular formula is C19H17BrN2O2S. The van der Waals surface area contributed by atoms with Crippen LogP contribution >= 0.6 is 27.7 Å². The van der Waals surface area contributed by atoms with Gasteiger partial charge in [0.05, 0.1) is 11.6 Å². The molecule has 1 heterocycles. The zero-order valence-corrected chi connectivity index (χ0v) is 16.3. The number of nitrogens with one attached hydrogen (secondary N) is 1. The van der Waals surface area contributed by atoms with Crippen LogP contribution in [0.15, 0.2) is 51.8 Å². The second-order valence-electron chi connectivity index (χ2n) is 5.81. The van der Waals surface area contributed by atoms with Crippen LogP contribution < -0.4 is 5.32 Å². The van der Waals surface area contributed by atoms with Crippen LogP contribution in [0.25, 0.3) is 6.08 Å². The standard InChI is InChI=1S/C19H17BrN2O2S/c1-12-3-5-14(6-4-12)10-17-18(23)22(19(24)25-17)11-21-16-8-7-15(20)9-13(16)2/h3-10,21H,11H2,1-2H3/b17-10+. The fraction of sp³-hybridized carbons (Fsp3) is 0.158. The first-order valence-electron chi connectivity index (χ1n) is 7.76. The monoisotopic (exact) mass is 416 g/mol. The molecule has 1 saturated heterocycles. The van der Waals surface area contributed by atoms with Gasteiger partial charge in [-0.3, -0.25) is 14.5 Å². The van der Waals surface area contributed by atoms with Crippen LogP contribution in [0, 0.1) is 13.8 Å². The van der Waals surface area contributed by atoms with Crippen molar-refractivity contribution in [1.82, 2.24) is 4.90 Å². The largest absolute Gasteiger partial charge is 0.367 e. The number of rotatable bonds is 4. The molecule has 4 nitrogen and oxygen atoms in total. The predicted octanol–water partition coefficient (Wildman–Crippen LogP) is 5.17. The number of hydrogen-bond donors (Lipinski definition) is 1. The average molecular weight is 417 g/mol. The maximum absolute atomic E-state index is 12.5. The smallest absolute Gasteiger partial charge is 0.295 e. The predicted molar refractivity (Wildman–Crippen MR) is 106 cm³/mol. The number of anilines is 1. The zero-order valence-electron chi connectivity index (χ0n) is 13.9. The van der Waals surface area contributed by atoms with Crippen LogP contribution in [0.2, 0.25) is 0 Å². The SMILES string of the molecule is Cc1ccc(/C=C2/SC(=O)N(CNc3ccc(Br)cc3C)C2=O)cc1. The third kappa shape index (κ3) is 4.14. The molecule has 0 atom stereocenters. The van der Waals surface area contributed by atoms with Crippen LogP contribution in [0.5, 0.6) is 0 Å². The first-order valence-corrected chi connectivity index (χ1v) is 9.37. The van der Waals surface area contributed by atoms with Gasteiger partial charge in [0.1, 0.15) is 0 Å². The topological polar surface area (TPSA) is 49.4 Å². The molecule has 0 aromatic heterocycles. The third-order valence-electron chi connectivity index (χ3n) is 3.86. The number of imide groups is 1. The van der Waals surface area contributed by atoms with E-state index in [0.29, 0.717) is 4.91 Å². The molecule has 1 aliphatic heterocycles. The van der Waals surface area contributed by atoms with Gasteiger partial charge in [0.2, 0.25) is 0 Å². The fourth-order valence-corrected chi connectivity index (χ4v) is 3.75. The maximum Gasteiger partial charge on any atom is 0.295 e. The van der Waals surface area contributed by atoms with Crippen LogP contribution in [0.4, 0.5) is 10.5 Å². The molecule has 2 aromatic carbocycles. The summed E-state index contributed by atoms with van der Waals surface area (Å²) in [6.07, 6.45) is 1.76. The van der Waals surface area contributed by atoms with Gasteiger partial charge in [0.25, 0.3) is 11.1 Å². The minimum atomic E-state index is -0.266. The molecular weight excluding hydrogens is 400 g/mol. The minimum Gasteiger partial charge on any atom is -0.367 e. The van der Waals surface area contributed by atoms with E-state index in [1.54, 1.807) is 6.08 Å². The van der Waals surface area contributed by atoms with Crippen molar-refractivity contribution in [1.29, 1.82) is 0 Å². The highest BCUT2D eigenvalue weighted by Gasteiger charge is 2.34. The Morgan fingerprint density at radius 2 is 1.84 bits per heavy atom. The van der Waals surface area contributed by atoms with Gasteiger partial charge in [-0.2, -0.15) is 0 Å². The van der Waals surface area contributed by atoms with Gasteiger partial charge in [-0.15, -0.1) is 0 Å². The van der Waals surface area contributed by atoms with Crippen molar-refractivity contribution in [2.75, 3.05) is 12.0 Å². The van der Waals surface area contributed by atoms with Gasteiger partial charge >= 0.3 is 0 Å². The second kappa shape index (κ2) is 7.45. The van der Waals surface area contributed by atoms with Gasteiger partial charge < -0.3 is 5.32 Å². The van der Waals surface area contributed by atoms with E-state index < -0.39 is 0 Å². The summed E-state index contributed by atoms with van der Waals surface area (Å²) in [5.74, 6) is -0.266. The Hall–Kier alpha value is -2.05. The van der Waals surface area contributed by atoms with Gasteiger partial charge in [-0.05, 0) is 61.0 Å². The first kappa shape index (κ1) is 17.8. The van der Waals surface area contributed by atoms with Crippen molar-refractivity contribution in [3.05, 3.63) is 68.5 Å². The number of aryl methyl sites for hydroxylation is 2. The van der Waals surface area contributed by atoms with E-state index >= 15 is 0 Å². The molecule has 128 valence electrons. The summed E-state index contributed by atoms with van der Waals surface area (Å²) in [7, 11) is 0. The lowest BCUT2D eigenvalue weighted by Gasteiger charge is -2.16. The molecule has 1 aliphatic rings. The van der Waals surface area contributed by atoms with Crippen molar-refractivity contribution in [2.45, 2.75) is 13.8 Å². The van der Waals surface area contributed by atoms with E-state index in [2.05, 4.69) is 21.2 Å². The summed E-state index contributed by atoms with van der Waals surface area (Å²) in [5, 5.41) is 2.90. The van der Waals surface area contributed by atoms with E-state index in [-0.39, 0.29) is 17.8 Å². The van der Waals surface area contributed by atoms with Crippen molar-refractivity contribution in [2.24, 2.45) is 0 Å². The molecule has 3 rings (SSSR count). The summed E-state index contributed by atoms with van der Waals surface area (Å²) < 4.78 is 0.989. The quantitative estimate of drug-likeness (QED) is 0.698. The molecule has 6 heteroatoms. The molecule has 0 unspecified atom stereocenters. The molecule has 0 bridgehead atoms. The Morgan fingerprint density at radius 1 is 1.12 bits per heavy atom. The van der Waals surface area contributed by atoms with Crippen molar-refractivity contribution in [3.63, 3.8) is 0 Å². The van der Waals surface area contributed by atoms with Crippen molar-refractivity contribution >= 4 is 50.6 Å². The minimum absolute atomic E-state index is 0.151. The highest BCUT2D eigenvalue weighted by atomic mass is 79.9. The zero-order chi connectivity index (χ0) is 18.0. The van der Waals surface area contributed by atoms with Crippen molar-refractivity contribution in [3.8, 4) is 0 Å². The Morgan fingerprint density at radius 3 is 2.52 bits per heavy atom. The third-order valence-corrected chi connectivity index (χ3v) is 5.27. The summed E-state index contributed by atoms with van der Waals surface area (Å²) in [5.41, 5.74) is 3.99. The second-order valence-corrected chi connectivity index (χ2v) is 7.72. The lowest BCUT2D eigenvalue weighted by molar-refractivity contribution is -0.122. The Labute approximate surface area is 159 Å². The summed E-state index contributed by atoms with van der Waals surface area (Å²) in [6, 6.07) is 13.6. The molecule has 1 N–H and O–H groups in total. The average Bonchev–Trinajstić information content (AvgIpc) is 2.83. The summed E-state index contributed by atoms with van der Waals surface area (Å²) in [6.45, 7) is 4.13. The number of hydrogen-bond acceptors (Lipinski definition) is 4. The van der Waals surface area contributed by atoms with Crippen molar-refractivity contribution < 1.29 is 9.59 Å². The van der Waals surface area contributed by atoms with E-state index in [1.807, 2.05) is 56.3 Å². The van der Waals surface area contributed by atoms with Crippen LogP contribution in [0.3, 0.4) is 0 Å². The number of benzene rings is 2. The lowest BCUT2D eigenvalue weighted by Crippen LogP contribution is -2.33.